The highest BCUT2D eigenvalue weighted by molar-refractivity contribution is 5.68. The van der Waals surface area contributed by atoms with Gasteiger partial charge >= 0.3 is 0 Å². The molecule has 4 heteroatoms. The summed E-state index contributed by atoms with van der Waals surface area (Å²) < 4.78 is 1.61. The number of rotatable bonds is 9. The number of aromatic nitrogens is 2. The first-order chi connectivity index (χ1) is 14.9. The lowest BCUT2D eigenvalue weighted by molar-refractivity contribution is 0.308. The second kappa shape index (κ2) is 9.83. The molecule has 1 N–H and O–H groups in total. The lowest BCUT2D eigenvalue weighted by Crippen LogP contribution is -2.37. The number of unbranched alkanes of at least 4 members (excludes halogenated alkanes) is 3. The van der Waals surface area contributed by atoms with Gasteiger partial charge in [0.15, 0.2) is 0 Å². The van der Waals surface area contributed by atoms with Crippen LogP contribution >= 0.6 is 0 Å². The van der Waals surface area contributed by atoms with E-state index in [2.05, 4.69) is 61.4 Å². The van der Waals surface area contributed by atoms with E-state index < -0.39 is 5.54 Å². The van der Waals surface area contributed by atoms with Gasteiger partial charge in [-0.3, -0.25) is 9.89 Å². The van der Waals surface area contributed by atoms with E-state index in [4.69, 9.17) is 0 Å². The highest BCUT2D eigenvalue weighted by atomic mass is 16.1. The van der Waals surface area contributed by atoms with Crippen LogP contribution < -0.4 is 5.56 Å². The van der Waals surface area contributed by atoms with E-state index in [9.17, 15) is 10.1 Å². The van der Waals surface area contributed by atoms with Gasteiger partial charge < -0.3 is 0 Å². The molecule has 3 aromatic rings. The zero-order valence-electron chi connectivity index (χ0n) is 19.2. The normalized spacial score (nSPS) is 11.5. The van der Waals surface area contributed by atoms with Gasteiger partial charge in [-0.05, 0) is 56.7 Å². The van der Waals surface area contributed by atoms with Crippen LogP contribution in [-0.2, 0) is 18.4 Å². The van der Waals surface area contributed by atoms with Crippen LogP contribution in [0.2, 0.25) is 0 Å². The van der Waals surface area contributed by atoms with Gasteiger partial charge in [0.25, 0.3) is 5.56 Å². The Morgan fingerprint density at radius 3 is 2.23 bits per heavy atom. The maximum Gasteiger partial charge on any atom is 0.276 e. The fourth-order valence-corrected chi connectivity index (χ4v) is 4.09. The largest absolute Gasteiger partial charge is 0.284 e. The molecule has 0 aliphatic rings. The molecule has 0 fully saturated rings. The molecule has 0 saturated carbocycles. The Bertz CT molecular complexity index is 1090. The highest BCUT2D eigenvalue weighted by Gasteiger charge is 2.27. The van der Waals surface area contributed by atoms with Crippen molar-refractivity contribution < 1.29 is 0 Å². The number of hydrogen-bond acceptors (Lipinski definition) is 2. The molecule has 0 radical (unpaired) electrons. The zero-order valence-corrected chi connectivity index (χ0v) is 19.2. The Labute approximate surface area is 185 Å². The Morgan fingerprint density at radius 1 is 0.968 bits per heavy atom. The van der Waals surface area contributed by atoms with Crippen LogP contribution in [0.5, 0.6) is 0 Å². The average molecular weight is 416 g/mol. The van der Waals surface area contributed by atoms with Crippen molar-refractivity contribution in [3.05, 3.63) is 81.3 Å². The van der Waals surface area contributed by atoms with Gasteiger partial charge in [-0.15, -0.1) is 0 Å². The number of nitrogens with one attached hydrogen (secondary N) is 1. The van der Waals surface area contributed by atoms with Crippen LogP contribution in [-0.4, -0.2) is 9.78 Å². The van der Waals surface area contributed by atoms with Gasteiger partial charge in [0, 0.05) is 0 Å². The lowest BCUT2D eigenvalue weighted by atomic mass is 9.94. The molecule has 0 spiro atoms. The Morgan fingerprint density at radius 2 is 1.61 bits per heavy atom. The van der Waals surface area contributed by atoms with E-state index in [1.807, 2.05) is 26.0 Å². The van der Waals surface area contributed by atoms with Gasteiger partial charge in [-0.25, -0.2) is 4.68 Å². The first kappa shape index (κ1) is 22.6. The summed E-state index contributed by atoms with van der Waals surface area (Å²) in [6.07, 6.45) is 6.66. The number of aromatic amines is 1. The Hall–Kier alpha value is -3.06. The maximum absolute atomic E-state index is 13.3. The van der Waals surface area contributed by atoms with Gasteiger partial charge in [0.05, 0.1) is 11.1 Å². The minimum Gasteiger partial charge on any atom is -0.284 e. The average Bonchev–Trinajstić information content (AvgIpc) is 3.10. The minimum atomic E-state index is -0.491. The van der Waals surface area contributed by atoms with E-state index in [0.717, 1.165) is 17.5 Å². The van der Waals surface area contributed by atoms with Gasteiger partial charge in [-0.1, -0.05) is 80.3 Å². The van der Waals surface area contributed by atoms with Crippen molar-refractivity contribution in [1.29, 1.82) is 5.26 Å². The number of aryl methyl sites for hydroxylation is 2. The number of nitrogens with zero attached hydrogens (tertiary/aromatic N) is 2. The van der Waals surface area contributed by atoms with E-state index in [-0.39, 0.29) is 5.56 Å². The van der Waals surface area contributed by atoms with Crippen molar-refractivity contribution >= 4 is 0 Å². The molecule has 0 saturated heterocycles. The molecule has 1 aromatic heterocycles. The zero-order chi connectivity index (χ0) is 22.4. The number of nitriles is 1. The number of hydrogen-bond donors (Lipinski definition) is 1. The van der Waals surface area contributed by atoms with E-state index in [1.54, 1.807) is 4.68 Å². The van der Waals surface area contributed by atoms with E-state index in [0.29, 0.717) is 17.7 Å². The molecule has 4 nitrogen and oxygen atoms in total. The Kier molecular flexibility index (Phi) is 7.17. The fourth-order valence-electron chi connectivity index (χ4n) is 4.09. The van der Waals surface area contributed by atoms with Gasteiger partial charge in [-0.2, -0.15) is 5.26 Å². The monoisotopic (exact) mass is 415 g/mol. The SMILES string of the molecule is CCCCCCc1ccc(-c2c(C#N)[nH]n(C(C)(C)Cc3ccc(C)cc3)c2=O)cc1. The second-order valence-corrected chi connectivity index (χ2v) is 9.10. The van der Waals surface area contributed by atoms with Crippen LogP contribution in [0.15, 0.2) is 53.3 Å². The van der Waals surface area contributed by atoms with Crippen LogP contribution in [0.1, 0.15) is 68.8 Å². The second-order valence-electron chi connectivity index (χ2n) is 9.10. The number of H-pyrrole nitrogens is 1. The third-order valence-electron chi connectivity index (χ3n) is 5.93. The minimum absolute atomic E-state index is 0.149. The molecular formula is C27H33N3O. The van der Waals surface area contributed by atoms with E-state index in [1.165, 1.54) is 36.8 Å². The van der Waals surface area contributed by atoms with Crippen molar-refractivity contribution in [3.63, 3.8) is 0 Å². The molecule has 31 heavy (non-hydrogen) atoms. The van der Waals surface area contributed by atoms with Crippen LogP contribution in [0.4, 0.5) is 0 Å². The molecule has 0 aliphatic carbocycles. The third-order valence-corrected chi connectivity index (χ3v) is 5.93. The molecule has 162 valence electrons. The maximum atomic E-state index is 13.3. The summed E-state index contributed by atoms with van der Waals surface area (Å²) in [5.74, 6) is 0. The highest BCUT2D eigenvalue weighted by Crippen LogP contribution is 2.25. The summed E-state index contributed by atoms with van der Waals surface area (Å²) in [6.45, 7) is 8.32. The summed E-state index contributed by atoms with van der Waals surface area (Å²) >= 11 is 0. The molecule has 0 amide bonds. The summed E-state index contributed by atoms with van der Waals surface area (Å²) in [6, 6.07) is 18.6. The van der Waals surface area contributed by atoms with Crippen molar-refractivity contribution in [2.24, 2.45) is 0 Å². The van der Waals surface area contributed by atoms with Crippen molar-refractivity contribution in [3.8, 4) is 17.2 Å². The Balaban J connectivity index is 1.86. The quantitative estimate of drug-likeness (QED) is 0.428. The smallest absolute Gasteiger partial charge is 0.276 e. The van der Waals surface area contributed by atoms with Gasteiger partial charge in [0.2, 0.25) is 0 Å². The molecule has 0 unspecified atom stereocenters. The van der Waals surface area contributed by atoms with Crippen LogP contribution in [0, 0.1) is 18.3 Å². The predicted octanol–water partition coefficient (Wildman–Crippen LogP) is 6.12. The molecule has 3 rings (SSSR count). The summed E-state index contributed by atoms with van der Waals surface area (Å²) in [5.41, 5.74) is 4.56. The fraction of sp³-hybridized carbons (Fsp3) is 0.407. The van der Waals surface area contributed by atoms with Gasteiger partial charge in [0.1, 0.15) is 11.8 Å². The first-order valence-electron chi connectivity index (χ1n) is 11.3. The molecule has 0 aliphatic heterocycles. The first-order valence-corrected chi connectivity index (χ1v) is 11.3. The molecule has 0 bridgehead atoms. The number of benzene rings is 2. The topological polar surface area (TPSA) is 61.6 Å². The molecule has 2 aromatic carbocycles. The van der Waals surface area contributed by atoms with Crippen molar-refractivity contribution in [2.45, 2.75) is 71.8 Å². The molecular weight excluding hydrogens is 382 g/mol. The van der Waals surface area contributed by atoms with Crippen molar-refractivity contribution in [2.75, 3.05) is 0 Å². The summed E-state index contributed by atoms with van der Waals surface area (Å²) in [4.78, 5) is 13.3. The molecule has 1 heterocycles. The van der Waals surface area contributed by atoms with Crippen LogP contribution in [0.25, 0.3) is 11.1 Å². The van der Waals surface area contributed by atoms with Crippen molar-refractivity contribution in [1.82, 2.24) is 9.78 Å². The van der Waals surface area contributed by atoms with Crippen LogP contribution in [0.3, 0.4) is 0 Å². The van der Waals surface area contributed by atoms with E-state index >= 15 is 0 Å². The summed E-state index contributed by atoms with van der Waals surface area (Å²) in [5, 5.41) is 12.8. The molecule has 0 atom stereocenters. The lowest BCUT2D eigenvalue weighted by Gasteiger charge is -2.25. The standard InChI is InChI=1S/C27H33N3O/c1-5-6-7-8-9-21-14-16-23(17-15-21)25-24(19-28)29-30(26(25)31)27(3,4)18-22-12-10-20(2)11-13-22/h10-17,29H,5-9,18H2,1-4H3. The summed E-state index contributed by atoms with van der Waals surface area (Å²) in [7, 11) is 0. The predicted molar refractivity (Wildman–Crippen MR) is 127 cm³/mol. The third kappa shape index (κ3) is 5.35.